The minimum absolute atomic E-state index is 0.676. The molecule has 0 unspecified atom stereocenters. The number of unbranched alkanes of at least 4 members (excludes halogenated alkanes) is 2. The molecule has 0 saturated carbocycles. The van der Waals surface area contributed by atoms with Gasteiger partial charge in [0.2, 0.25) is 0 Å². The van der Waals surface area contributed by atoms with Crippen molar-refractivity contribution in [2.75, 3.05) is 6.61 Å². The smallest absolute Gasteiger partial charge is 0.136 e. The van der Waals surface area contributed by atoms with Gasteiger partial charge in [0.25, 0.3) is 0 Å². The van der Waals surface area contributed by atoms with E-state index in [9.17, 15) is 4.79 Å². The van der Waals surface area contributed by atoms with Gasteiger partial charge in [0.1, 0.15) is 12.0 Å². The topological polar surface area (TPSA) is 26.3 Å². The van der Waals surface area contributed by atoms with Crippen molar-refractivity contribution < 1.29 is 9.53 Å². The molecule has 92 valence electrons. The van der Waals surface area contributed by atoms with Crippen LogP contribution in [0.2, 0.25) is 0 Å². The zero-order valence-electron chi connectivity index (χ0n) is 9.88. The molecule has 0 radical (unpaired) electrons. The average molecular weight is 297 g/mol. The Bertz CT molecular complexity index is 401. The second-order valence-electron chi connectivity index (χ2n) is 4.43. The van der Waals surface area contributed by atoms with E-state index in [1.54, 1.807) is 0 Å². The molecule has 1 aliphatic heterocycles. The second kappa shape index (κ2) is 6.20. The van der Waals surface area contributed by atoms with Gasteiger partial charge in [0.05, 0.1) is 11.1 Å². The number of halogens is 1. The minimum Gasteiger partial charge on any atom is -0.492 e. The van der Waals surface area contributed by atoms with E-state index in [-0.39, 0.29) is 0 Å². The molecule has 0 aliphatic carbocycles. The quantitative estimate of drug-likeness (QED) is 0.612. The Morgan fingerprint density at radius 2 is 2.24 bits per heavy atom. The van der Waals surface area contributed by atoms with Gasteiger partial charge in [-0.2, -0.15) is 0 Å². The summed E-state index contributed by atoms with van der Waals surface area (Å²) in [5.74, 6) is 1.02. The van der Waals surface area contributed by atoms with E-state index in [2.05, 4.69) is 28.1 Å². The number of rotatable bonds is 5. The lowest BCUT2D eigenvalue weighted by Gasteiger charge is -2.19. The maximum absolute atomic E-state index is 10.2. The summed E-state index contributed by atoms with van der Waals surface area (Å²) in [6.07, 6.45) is 6.98. The standard InChI is InChI=1S/C14H17BrO2/c15-13-10-11(5-2-1-3-7-16)9-12-6-4-8-17-14(12)13/h7,9-10H,1-6,8H2. The van der Waals surface area contributed by atoms with E-state index in [0.717, 1.165) is 55.2 Å². The molecule has 0 aromatic heterocycles. The number of aldehydes is 1. The third-order valence-electron chi connectivity index (χ3n) is 3.05. The zero-order valence-corrected chi connectivity index (χ0v) is 11.5. The number of hydrogen-bond acceptors (Lipinski definition) is 2. The van der Waals surface area contributed by atoms with Crippen LogP contribution >= 0.6 is 15.9 Å². The fraction of sp³-hybridized carbons (Fsp3) is 0.500. The number of fused-ring (bicyclic) bond motifs is 1. The molecule has 0 saturated heterocycles. The number of hydrogen-bond donors (Lipinski definition) is 0. The van der Waals surface area contributed by atoms with Crippen LogP contribution in [0.15, 0.2) is 16.6 Å². The monoisotopic (exact) mass is 296 g/mol. The van der Waals surface area contributed by atoms with E-state index in [1.165, 1.54) is 11.1 Å². The van der Waals surface area contributed by atoms with Crippen LogP contribution in [0.4, 0.5) is 0 Å². The highest BCUT2D eigenvalue weighted by atomic mass is 79.9. The Kier molecular flexibility index (Phi) is 4.60. The van der Waals surface area contributed by atoms with Gasteiger partial charge in [0.15, 0.2) is 0 Å². The molecule has 0 fully saturated rings. The molecule has 0 bridgehead atoms. The van der Waals surface area contributed by atoms with E-state index >= 15 is 0 Å². The molecule has 1 aromatic carbocycles. The summed E-state index contributed by atoms with van der Waals surface area (Å²) >= 11 is 3.57. The van der Waals surface area contributed by atoms with Gasteiger partial charge in [-0.1, -0.05) is 6.07 Å². The van der Waals surface area contributed by atoms with Crippen molar-refractivity contribution in [1.82, 2.24) is 0 Å². The van der Waals surface area contributed by atoms with Crippen molar-refractivity contribution >= 4 is 22.2 Å². The number of ether oxygens (including phenoxy) is 1. The lowest BCUT2D eigenvalue weighted by atomic mass is 10.00. The predicted molar refractivity (Wildman–Crippen MR) is 71.6 cm³/mol. The van der Waals surface area contributed by atoms with Crippen molar-refractivity contribution in [1.29, 1.82) is 0 Å². The van der Waals surface area contributed by atoms with Gasteiger partial charge in [-0.25, -0.2) is 0 Å². The first-order valence-corrected chi connectivity index (χ1v) is 6.98. The Hall–Kier alpha value is -0.830. The summed E-state index contributed by atoms with van der Waals surface area (Å²) in [4.78, 5) is 10.2. The summed E-state index contributed by atoms with van der Waals surface area (Å²) in [7, 11) is 0. The molecule has 17 heavy (non-hydrogen) atoms. The summed E-state index contributed by atoms with van der Waals surface area (Å²) in [6, 6.07) is 4.39. The van der Waals surface area contributed by atoms with E-state index < -0.39 is 0 Å². The molecular weight excluding hydrogens is 280 g/mol. The third-order valence-corrected chi connectivity index (χ3v) is 3.64. The van der Waals surface area contributed by atoms with Crippen molar-refractivity contribution in [3.8, 4) is 5.75 Å². The van der Waals surface area contributed by atoms with Gasteiger partial charge in [-0.05, 0) is 65.2 Å². The Morgan fingerprint density at radius 1 is 1.35 bits per heavy atom. The lowest BCUT2D eigenvalue weighted by Crippen LogP contribution is -2.09. The number of carbonyl (C=O) groups excluding carboxylic acids is 1. The first kappa shape index (κ1) is 12.6. The Balaban J connectivity index is 2.03. The minimum atomic E-state index is 0.676. The highest BCUT2D eigenvalue weighted by molar-refractivity contribution is 9.10. The predicted octanol–water partition coefficient (Wildman–Crippen LogP) is 3.69. The van der Waals surface area contributed by atoms with Crippen LogP contribution in [0.25, 0.3) is 0 Å². The highest BCUT2D eigenvalue weighted by Crippen LogP contribution is 2.34. The first-order valence-electron chi connectivity index (χ1n) is 6.19. The zero-order chi connectivity index (χ0) is 12.1. The summed E-state index contributed by atoms with van der Waals surface area (Å²) in [6.45, 7) is 0.824. The molecule has 1 aromatic rings. The van der Waals surface area contributed by atoms with E-state index in [0.29, 0.717) is 6.42 Å². The fourth-order valence-electron chi connectivity index (χ4n) is 2.20. The van der Waals surface area contributed by atoms with Gasteiger partial charge in [0, 0.05) is 6.42 Å². The van der Waals surface area contributed by atoms with Crippen LogP contribution < -0.4 is 4.74 Å². The number of aryl methyl sites for hydroxylation is 2. The van der Waals surface area contributed by atoms with E-state index in [4.69, 9.17) is 4.74 Å². The molecule has 0 amide bonds. The molecule has 1 aliphatic rings. The van der Waals surface area contributed by atoms with Gasteiger partial charge in [-0.15, -0.1) is 0 Å². The molecule has 2 rings (SSSR count). The third kappa shape index (κ3) is 3.32. The summed E-state index contributed by atoms with van der Waals surface area (Å²) < 4.78 is 6.73. The number of benzene rings is 1. The van der Waals surface area contributed by atoms with Crippen molar-refractivity contribution in [3.63, 3.8) is 0 Å². The molecule has 0 spiro atoms. The summed E-state index contributed by atoms with van der Waals surface area (Å²) in [5, 5.41) is 0. The molecule has 0 atom stereocenters. The van der Waals surface area contributed by atoms with Crippen molar-refractivity contribution in [2.24, 2.45) is 0 Å². The van der Waals surface area contributed by atoms with E-state index in [1.807, 2.05) is 0 Å². The van der Waals surface area contributed by atoms with Crippen molar-refractivity contribution in [2.45, 2.75) is 38.5 Å². The lowest BCUT2D eigenvalue weighted by molar-refractivity contribution is -0.107. The average Bonchev–Trinajstić information content (AvgIpc) is 2.35. The van der Waals surface area contributed by atoms with Gasteiger partial charge in [-0.3, -0.25) is 0 Å². The van der Waals surface area contributed by atoms with Crippen LogP contribution in [0.3, 0.4) is 0 Å². The largest absolute Gasteiger partial charge is 0.492 e. The van der Waals surface area contributed by atoms with Crippen LogP contribution in [-0.2, 0) is 17.6 Å². The molecule has 2 nitrogen and oxygen atoms in total. The maximum Gasteiger partial charge on any atom is 0.136 e. The van der Waals surface area contributed by atoms with Crippen LogP contribution in [0.5, 0.6) is 5.75 Å². The van der Waals surface area contributed by atoms with Crippen LogP contribution in [-0.4, -0.2) is 12.9 Å². The first-order chi connectivity index (χ1) is 8.31. The van der Waals surface area contributed by atoms with Crippen molar-refractivity contribution in [3.05, 3.63) is 27.7 Å². The second-order valence-corrected chi connectivity index (χ2v) is 5.28. The number of carbonyl (C=O) groups is 1. The molecule has 3 heteroatoms. The van der Waals surface area contributed by atoms with Gasteiger partial charge >= 0.3 is 0 Å². The Morgan fingerprint density at radius 3 is 3.06 bits per heavy atom. The van der Waals surface area contributed by atoms with Crippen LogP contribution in [0.1, 0.15) is 36.8 Å². The normalized spacial score (nSPS) is 13.9. The SMILES string of the molecule is O=CCCCCc1cc(Br)c2c(c1)CCCO2. The van der Waals surface area contributed by atoms with Crippen LogP contribution in [0, 0.1) is 0 Å². The molecule has 1 heterocycles. The highest BCUT2D eigenvalue weighted by Gasteiger charge is 2.14. The van der Waals surface area contributed by atoms with Gasteiger partial charge < -0.3 is 9.53 Å². The molecular formula is C14H17BrO2. The molecule has 0 N–H and O–H groups in total. The summed E-state index contributed by atoms with van der Waals surface area (Å²) in [5.41, 5.74) is 2.66. The maximum atomic E-state index is 10.2. The Labute approximate surface area is 110 Å². The fourth-order valence-corrected chi connectivity index (χ4v) is 2.86.